The van der Waals surface area contributed by atoms with Crippen LogP contribution in [0.2, 0.25) is 0 Å². The third-order valence-electron chi connectivity index (χ3n) is 3.60. The first kappa shape index (κ1) is 16.4. The normalized spacial score (nSPS) is 12.0. The van der Waals surface area contributed by atoms with Gasteiger partial charge in [0.05, 0.1) is 10.9 Å². The molecule has 1 unspecified atom stereocenters. The highest BCUT2D eigenvalue weighted by Gasteiger charge is 2.10. The van der Waals surface area contributed by atoms with Crippen LogP contribution in [0.5, 0.6) is 0 Å². The number of amides is 1. The predicted molar refractivity (Wildman–Crippen MR) is 91.2 cm³/mol. The van der Waals surface area contributed by atoms with E-state index in [9.17, 15) is 9.59 Å². The van der Waals surface area contributed by atoms with Crippen LogP contribution in [0.15, 0.2) is 36.4 Å². The minimum atomic E-state index is 0.00191. The standard InChI is InChI=1S/C18H21NO2S/c1-4-15(20)17-11-10-16(22-17)14-8-6-13(7-9-14)12(3)19-18(21)5-2/h6-12H,4-5H2,1-3H3,(H,19,21). The maximum Gasteiger partial charge on any atom is 0.220 e. The first-order chi connectivity index (χ1) is 10.5. The van der Waals surface area contributed by atoms with Gasteiger partial charge in [0.25, 0.3) is 0 Å². The Balaban J connectivity index is 2.13. The molecule has 1 aromatic heterocycles. The number of benzene rings is 1. The monoisotopic (exact) mass is 315 g/mol. The third-order valence-corrected chi connectivity index (χ3v) is 4.77. The van der Waals surface area contributed by atoms with Crippen molar-refractivity contribution in [1.82, 2.24) is 5.32 Å². The summed E-state index contributed by atoms with van der Waals surface area (Å²) in [6.07, 6.45) is 1.03. The maximum absolute atomic E-state index is 11.7. The molecule has 1 N–H and O–H groups in total. The van der Waals surface area contributed by atoms with Crippen molar-refractivity contribution >= 4 is 23.0 Å². The van der Waals surface area contributed by atoms with Gasteiger partial charge in [-0.3, -0.25) is 9.59 Å². The summed E-state index contributed by atoms with van der Waals surface area (Å²) in [5.41, 5.74) is 2.17. The van der Waals surface area contributed by atoms with Gasteiger partial charge < -0.3 is 5.32 Å². The van der Waals surface area contributed by atoms with Crippen LogP contribution in [0.1, 0.15) is 54.9 Å². The Hall–Kier alpha value is -1.94. The lowest BCUT2D eigenvalue weighted by Crippen LogP contribution is -2.25. The van der Waals surface area contributed by atoms with E-state index >= 15 is 0 Å². The zero-order valence-electron chi connectivity index (χ0n) is 13.2. The lowest BCUT2D eigenvalue weighted by atomic mass is 10.1. The van der Waals surface area contributed by atoms with Gasteiger partial charge in [0.15, 0.2) is 5.78 Å². The number of hydrogen-bond acceptors (Lipinski definition) is 3. The number of rotatable bonds is 6. The van der Waals surface area contributed by atoms with E-state index in [2.05, 4.69) is 5.32 Å². The minimum absolute atomic E-state index is 0.00191. The van der Waals surface area contributed by atoms with Crippen molar-refractivity contribution in [3.63, 3.8) is 0 Å². The van der Waals surface area contributed by atoms with Gasteiger partial charge in [0.1, 0.15) is 0 Å². The first-order valence-electron chi connectivity index (χ1n) is 7.57. The fourth-order valence-electron chi connectivity index (χ4n) is 2.18. The second-order valence-electron chi connectivity index (χ2n) is 5.21. The molecule has 0 bridgehead atoms. The molecule has 4 heteroatoms. The van der Waals surface area contributed by atoms with Crippen LogP contribution in [-0.4, -0.2) is 11.7 Å². The Bertz CT molecular complexity index is 658. The van der Waals surface area contributed by atoms with Crippen molar-refractivity contribution < 1.29 is 9.59 Å². The SMILES string of the molecule is CCC(=O)NC(C)c1ccc(-c2ccc(C(=O)CC)s2)cc1. The molecule has 1 heterocycles. The molecule has 1 amide bonds. The highest BCUT2D eigenvalue weighted by atomic mass is 32.1. The molecular formula is C18H21NO2S. The molecule has 0 radical (unpaired) electrons. The average molecular weight is 315 g/mol. The fraction of sp³-hybridized carbons (Fsp3) is 0.333. The summed E-state index contributed by atoms with van der Waals surface area (Å²) in [6.45, 7) is 5.70. The lowest BCUT2D eigenvalue weighted by Gasteiger charge is -2.14. The molecule has 3 nitrogen and oxygen atoms in total. The zero-order chi connectivity index (χ0) is 16.1. The Morgan fingerprint density at radius 3 is 2.32 bits per heavy atom. The fourth-order valence-corrected chi connectivity index (χ4v) is 3.20. The van der Waals surface area contributed by atoms with Crippen molar-refractivity contribution in [2.75, 3.05) is 0 Å². The van der Waals surface area contributed by atoms with Crippen LogP contribution < -0.4 is 5.32 Å². The summed E-state index contributed by atoms with van der Waals surface area (Å²) in [5.74, 6) is 0.237. The Morgan fingerprint density at radius 1 is 1.05 bits per heavy atom. The average Bonchev–Trinajstić information content (AvgIpc) is 3.04. The second kappa shape index (κ2) is 7.36. The minimum Gasteiger partial charge on any atom is -0.350 e. The molecule has 22 heavy (non-hydrogen) atoms. The molecular weight excluding hydrogens is 294 g/mol. The molecule has 116 valence electrons. The number of ketones is 1. The first-order valence-corrected chi connectivity index (χ1v) is 8.39. The molecule has 0 aliphatic heterocycles. The van der Waals surface area contributed by atoms with Gasteiger partial charge in [-0.15, -0.1) is 11.3 Å². The maximum atomic E-state index is 11.7. The van der Waals surface area contributed by atoms with Crippen molar-refractivity contribution in [2.24, 2.45) is 0 Å². The molecule has 1 aromatic carbocycles. The van der Waals surface area contributed by atoms with Gasteiger partial charge in [-0.05, 0) is 30.2 Å². The van der Waals surface area contributed by atoms with Crippen LogP contribution in [0, 0.1) is 0 Å². The van der Waals surface area contributed by atoms with Crippen LogP contribution >= 0.6 is 11.3 Å². The zero-order valence-corrected chi connectivity index (χ0v) is 14.0. The Morgan fingerprint density at radius 2 is 1.73 bits per heavy atom. The predicted octanol–water partition coefficient (Wildman–Crippen LogP) is 4.60. The largest absolute Gasteiger partial charge is 0.350 e. The van der Waals surface area contributed by atoms with E-state index in [1.54, 1.807) is 0 Å². The molecule has 2 aromatic rings. The Kier molecular flexibility index (Phi) is 5.50. The summed E-state index contributed by atoms with van der Waals surface area (Å²) in [7, 11) is 0. The van der Waals surface area contributed by atoms with E-state index in [0.717, 1.165) is 20.9 Å². The van der Waals surface area contributed by atoms with E-state index < -0.39 is 0 Å². The van der Waals surface area contributed by atoms with Gasteiger partial charge in [-0.1, -0.05) is 38.1 Å². The second-order valence-corrected chi connectivity index (χ2v) is 6.29. The molecule has 1 atom stereocenters. The van der Waals surface area contributed by atoms with E-state index in [0.29, 0.717) is 12.8 Å². The topological polar surface area (TPSA) is 46.2 Å². The summed E-state index contributed by atoms with van der Waals surface area (Å²) in [5, 5.41) is 2.95. The number of thiophene rings is 1. The van der Waals surface area contributed by atoms with Crippen LogP contribution in [0.25, 0.3) is 10.4 Å². The van der Waals surface area contributed by atoms with E-state index in [1.807, 2.05) is 57.2 Å². The van der Waals surface area contributed by atoms with Crippen molar-refractivity contribution in [3.8, 4) is 10.4 Å². The number of carbonyl (C=O) groups excluding carboxylic acids is 2. The van der Waals surface area contributed by atoms with E-state index in [-0.39, 0.29) is 17.7 Å². The van der Waals surface area contributed by atoms with Gasteiger partial charge in [0, 0.05) is 17.7 Å². The van der Waals surface area contributed by atoms with Gasteiger partial charge in [-0.25, -0.2) is 0 Å². The number of nitrogens with one attached hydrogen (secondary N) is 1. The summed E-state index contributed by atoms with van der Waals surface area (Å²) >= 11 is 1.53. The lowest BCUT2D eigenvalue weighted by molar-refractivity contribution is -0.121. The highest BCUT2D eigenvalue weighted by Crippen LogP contribution is 2.29. The highest BCUT2D eigenvalue weighted by molar-refractivity contribution is 7.17. The molecule has 0 spiro atoms. The summed E-state index contributed by atoms with van der Waals surface area (Å²) in [6, 6.07) is 12.0. The van der Waals surface area contributed by atoms with Crippen molar-refractivity contribution in [1.29, 1.82) is 0 Å². The quantitative estimate of drug-likeness (QED) is 0.792. The van der Waals surface area contributed by atoms with Gasteiger partial charge in [-0.2, -0.15) is 0 Å². The number of Topliss-reactive ketones (excluding diaryl/α,β-unsaturated/α-hetero) is 1. The molecule has 0 aliphatic carbocycles. The van der Waals surface area contributed by atoms with Crippen LogP contribution in [0.3, 0.4) is 0 Å². The summed E-state index contributed by atoms with van der Waals surface area (Å²) in [4.78, 5) is 25.0. The molecule has 0 saturated heterocycles. The number of hydrogen-bond donors (Lipinski definition) is 1. The third kappa shape index (κ3) is 3.83. The van der Waals surface area contributed by atoms with E-state index in [1.165, 1.54) is 11.3 Å². The molecule has 0 saturated carbocycles. The smallest absolute Gasteiger partial charge is 0.220 e. The molecule has 0 fully saturated rings. The van der Waals surface area contributed by atoms with E-state index in [4.69, 9.17) is 0 Å². The van der Waals surface area contributed by atoms with Gasteiger partial charge >= 0.3 is 0 Å². The van der Waals surface area contributed by atoms with Crippen LogP contribution in [-0.2, 0) is 4.79 Å². The molecule has 2 rings (SSSR count). The van der Waals surface area contributed by atoms with Crippen LogP contribution in [0.4, 0.5) is 0 Å². The number of carbonyl (C=O) groups is 2. The van der Waals surface area contributed by atoms with Crippen molar-refractivity contribution in [2.45, 2.75) is 39.7 Å². The summed E-state index contributed by atoms with van der Waals surface area (Å²) < 4.78 is 0. The van der Waals surface area contributed by atoms with Crippen molar-refractivity contribution in [3.05, 3.63) is 46.8 Å². The Labute approximate surface area is 135 Å². The molecule has 0 aliphatic rings. The van der Waals surface area contributed by atoms with Gasteiger partial charge in [0.2, 0.25) is 5.91 Å².